The lowest BCUT2D eigenvalue weighted by Crippen LogP contribution is -2.57. The van der Waals surface area contributed by atoms with E-state index in [-0.39, 0.29) is 35.5 Å². The van der Waals surface area contributed by atoms with Gasteiger partial charge >= 0.3 is 0 Å². The molecule has 1 aromatic heterocycles. The number of hydrogen-bond acceptors (Lipinski definition) is 5. The molecule has 1 aromatic carbocycles. The molecule has 9 heteroatoms. The lowest BCUT2D eigenvalue weighted by atomic mass is 10.1. The largest absolute Gasteiger partial charge is 0.494 e. The number of nitrogens with one attached hydrogen (secondary N) is 2. The third kappa shape index (κ3) is 4.17. The first kappa shape index (κ1) is 23.4. The summed E-state index contributed by atoms with van der Waals surface area (Å²) in [5.74, 6) is 0.161. The van der Waals surface area contributed by atoms with Crippen molar-refractivity contribution in [3.63, 3.8) is 0 Å². The van der Waals surface area contributed by atoms with Crippen molar-refractivity contribution >= 4 is 17.7 Å². The Balaban J connectivity index is 1.25. The molecule has 2 fully saturated rings. The lowest BCUT2D eigenvalue weighted by molar-refractivity contribution is -0.128. The highest BCUT2D eigenvalue weighted by Crippen LogP contribution is 2.56. The smallest absolute Gasteiger partial charge is 0.273 e. The zero-order valence-electron chi connectivity index (χ0n) is 20.4. The highest BCUT2D eigenvalue weighted by atomic mass is 16.5. The van der Waals surface area contributed by atoms with Gasteiger partial charge in [0.05, 0.1) is 12.6 Å². The van der Waals surface area contributed by atoms with E-state index in [4.69, 9.17) is 4.74 Å². The van der Waals surface area contributed by atoms with Gasteiger partial charge in [0.25, 0.3) is 11.8 Å². The molecule has 1 aliphatic heterocycles. The fourth-order valence-corrected chi connectivity index (χ4v) is 5.54. The Morgan fingerprint density at radius 2 is 1.91 bits per heavy atom. The maximum absolute atomic E-state index is 13.3. The van der Waals surface area contributed by atoms with Gasteiger partial charge in [-0.3, -0.25) is 19.1 Å². The Kier molecular flexibility index (Phi) is 6.25. The van der Waals surface area contributed by atoms with Crippen molar-refractivity contribution in [3.8, 4) is 5.75 Å². The number of fused-ring (bicyclic) bond motifs is 3. The minimum Gasteiger partial charge on any atom is -0.494 e. The van der Waals surface area contributed by atoms with Crippen molar-refractivity contribution in [2.45, 2.75) is 70.0 Å². The first-order valence-corrected chi connectivity index (χ1v) is 12.7. The van der Waals surface area contributed by atoms with E-state index in [9.17, 15) is 14.4 Å². The predicted molar refractivity (Wildman–Crippen MR) is 129 cm³/mol. The van der Waals surface area contributed by atoms with Crippen molar-refractivity contribution in [1.82, 2.24) is 25.3 Å². The molecule has 0 spiro atoms. The molecule has 2 aliphatic carbocycles. The summed E-state index contributed by atoms with van der Waals surface area (Å²) >= 11 is 0. The second-order valence-electron chi connectivity index (χ2n) is 9.59. The summed E-state index contributed by atoms with van der Waals surface area (Å²) in [7, 11) is 0. The first-order valence-electron chi connectivity index (χ1n) is 12.7. The van der Waals surface area contributed by atoms with Crippen LogP contribution >= 0.6 is 0 Å². The van der Waals surface area contributed by atoms with E-state index in [0.29, 0.717) is 38.2 Å². The van der Waals surface area contributed by atoms with Crippen molar-refractivity contribution in [2.24, 2.45) is 0 Å². The Bertz CT molecular complexity index is 1120. The molecule has 186 valence electrons. The van der Waals surface area contributed by atoms with E-state index < -0.39 is 5.54 Å². The molecule has 2 heterocycles. The summed E-state index contributed by atoms with van der Waals surface area (Å²) in [5.41, 5.74) is 0.766. The van der Waals surface area contributed by atoms with Crippen molar-refractivity contribution < 1.29 is 19.1 Å². The summed E-state index contributed by atoms with van der Waals surface area (Å²) < 4.78 is 7.06. The molecular weight excluding hydrogens is 446 g/mol. The zero-order chi connectivity index (χ0) is 24.6. The molecule has 0 saturated heterocycles. The van der Waals surface area contributed by atoms with Gasteiger partial charge in [-0.25, -0.2) is 0 Å². The third-order valence-electron chi connectivity index (χ3n) is 7.44. The number of ether oxygens (including phenoxy) is 1. The molecule has 2 atom stereocenters. The highest BCUT2D eigenvalue weighted by Gasteiger charge is 2.70. The average molecular weight is 480 g/mol. The van der Waals surface area contributed by atoms with Crippen LogP contribution in [0.15, 0.2) is 30.3 Å². The average Bonchev–Trinajstić information content (AvgIpc) is 3.19. The van der Waals surface area contributed by atoms with E-state index in [1.54, 1.807) is 15.6 Å². The van der Waals surface area contributed by atoms with Gasteiger partial charge in [-0.1, -0.05) is 25.0 Å². The van der Waals surface area contributed by atoms with Crippen molar-refractivity contribution in [3.05, 3.63) is 47.3 Å². The summed E-state index contributed by atoms with van der Waals surface area (Å²) in [5, 5.41) is 10.5. The minimum absolute atomic E-state index is 0.0906. The first-order chi connectivity index (χ1) is 17.0. The van der Waals surface area contributed by atoms with E-state index in [2.05, 4.69) is 15.7 Å². The fourth-order valence-electron chi connectivity index (χ4n) is 5.54. The summed E-state index contributed by atoms with van der Waals surface area (Å²) in [6.45, 7) is 5.33. The molecule has 2 N–H and O–H groups in total. The molecule has 0 radical (unpaired) electrons. The molecule has 2 unspecified atom stereocenters. The number of carbonyl (C=O) groups is 3. The number of hydrogen-bond donors (Lipinski definition) is 2. The monoisotopic (exact) mass is 479 g/mol. The van der Waals surface area contributed by atoms with Crippen LogP contribution in [0.5, 0.6) is 5.75 Å². The highest BCUT2D eigenvalue weighted by molar-refractivity contribution is 6.04. The Morgan fingerprint density at radius 3 is 2.60 bits per heavy atom. The van der Waals surface area contributed by atoms with Crippen LogP contribution in [0.4, 0.5) is 0 Å². The molecule has 2 aromatic rings. The van der Waals surface area contributed by atoms with Crippen LogP contribution in [0.3, 0.4) is 0 Å². The van der Waals surface area contributed by atoms with Gasteiger partial charge in [0.1, 0.15) is 17.0 Å². The number of carbonyl (C=O) groups excluding carboxylic acids is 3. The summed E-state index contributed by atoms with van der Waals surface area (Å²) in [6, 6.07) is 9.29. The second kappa shape index (κ2) is 9.36. The molecule has 35 heavy (non-hydrogen) atoms. The Morgan fingerprint density at radius 1 is 1.17 bits per heavy atom. The molecule has 3 amide bonds. The zero-order valence-corrected chi connectivity index (χ0v) is 20.4. The maximum atomic E-state index is 13.3. The van der Waals surface area contributed by atoms with Crippen LogP contribution in [-0.4, -0.2) is 63.7 Å². The van der Waals surface area contributed by atoms with Crippen LogP contribution in [0.2, 0.25) is 0 Å². The second-order valence-corrected chi connectivity index (χ2v) is 9.59. The summed E-state index contributed by atoms with van der Waals surface area (Å²) in [6.07, 6.45) is 5.41. The van der Waals surface area contributed by atoms with Crippen LogP contribution in [0.25, 0.3) is 0 Å². The molecule has 2 saturated carbocycles. The normalized spacial score (nSPS) is 23.0. The molecule has 0 bridgehead atoms. The molecular formula is C26H33N5O4. The van der Waals surface area contributed by atoms with Crippen LogP contribution in [0, 0.1) is 0 Å². The fraction of sp³-hybridized carbons (Fsp3) is 0.538. The molecule has 5 rings (SSSR count). The van der Waals surface area contributed by atoms with Gasteiger partial charge in [-0.05, 0) is 50.8 Å². The number of aromatic nitrogens is 2. The van der Waals surface area contributed by atoms with Crippen molar-refractivity contribution in [1.29, 1.82) is 0 Å². The Labute approximate surface area is 205 Å². The number of benzene rings is 1. The number of rotatable bonds is 9. The van der Waals surface area contributed by atoms with E-state index in [0.717, 1.165) is 37.0 Å². The maximum Gasteiger partial charge on any atom is 0.273 e. The minimum atomic E-state index is -0.894. The van der Waals surface area contributed by atoms with E-state index >= 15 is 0 Å². The third-order valence-corrected chi connectivity index (χ3v) is 7.44. The van der Waals surface area contributed by atoms with Gasteiger partial charge in [0.15, 0.2) is 5.69 Å². The lowest BCUT2D eigenvalue weighted by Gasteiger charge is -2.35. The molecule has 3 aliphatic rings. The Hall–Kier alpha value is -3.36. The van der Waals surface area contributed by atoms with Crippen LogP contribution in [0.1, 0.15) is 78.5 Å². The quantitative estimate of drug-likeness (QED) is 0.575. The number of amides is 3. The predicted octanol–water partition coefficient (Wildman–Crippen LogP) is 2.47. The van der Waals surface area contributed by atoms with Gasteiger partial charge < -0.3 is 20.3 Å². The van der Waals surface area contributed by atoms with E-state index in [1.165, 1.54) is 0 Å². The van der Waals surface area contributed by atoms with Crippen LogP contribution in [-0.2, 0) is 11.2 Å². The topological polar surface area (TPSA) is 106 Å². The SMILES string of the molecule is CCOc1ccc(CCNC(=O)c2cc3n(n2)C2CC2(C(=O)NC2CCCC2)N(CC)C3=O)cc1. The van der Waals surface area contributed by atoms with E-state index in [1.807, 2.05) is 38.1 Å². The van der Waals surface area contributed by atoms with Gasteiger partial charge in [0, 0.05) is 31.6 Å². The van der Waals surface area contributed by atoms with Gasteiger partial charge in [-0.15, -0.1) is 0 Å². The standard InChI is InChI=1S/C26H33N5O4/c1-3-30-24(33)21-15-20(23(32)27-14-13-17-9-11-19(12-10-17)35-4-2)29-31(21)22-16-26(22,30)25(34)28-18-7-5-6-8-18/h9-12,15,18,22H,3-8,13-14,16H2,1-2H3,(H,27,32)(H,28,34). The van der Waals surface area contributed by atoms with Gasteiger partial charge in [-0.2, -0.15) is 5.10 Å². The summed E-state index contributed by atoms with van der Waals surface area (Å²) in [4.78, 5) is 41.0. The number of nitrogens with zero attached hydrogens (tertiary/aromatic N) is 3. The number of likely N-dealkylation sites (N-methyl/N-ethyl adjacent to an activating group) is 1. The van der Waals surface area contributed by atoms with Crippen molar-refractivity contribution in [2.75, 3.05) is 19.7 Å². The van der Waals surface area contributed by atoms with Crippen LogP contribution < -0.4 is 15.4 Å². The van der Waals surface area contributed by atoms with Gasteiger partial charge in [0.2, 0.25) is 5.91 Å². The molecule has 9 nitrogen and oxygen atoms in total.